The third-order valence-electron chi connectivity index (χ3n) is 8.26. The lowest BCUT2D eigenvalue weighted by Crippen LogP contribution is -1.93. The van der Waals surface area contributed by atoms with Crippen molar-refractivity contribution in [2.75, 3.05) is 0 Å². The molecule has 2 aromatic heterocycles. The van der Waals surface area contributed by atoms with Gasteiger partial charge in [0.2, 0.25) is 0 Å². The van der Waals surface area contributed by atoms with E-state index in [1.54, 1.807) is 0 Å². The number of pyridine rings is 2. The lowest BCUT2D eigenvalue weighted by atomic mass is 9.85. The Balaban J connectivity index is 1.28. The van der Waals surface area contributed by atoms with Crippen LogP contribution in [0.25, 0.3) is 71.3 Å². The minimum atomic E-state index is 0.777. The molecule has 1 aliphatic rings. The normalized spacial score (nSPS) is 12.6. The molecule has 0 radical (unpaired) electrons. The van der Waals surface area contributed by atoms with Crippen molar-refractivity contribution < 1.29 is 0 Å². The fourth-order valence-electron chi connectivity index (χ4n) is 6.24. The monoisotopic (exact) mass is 546 g/mol. The molecule has 2 nitrogen and oxygen atoms in total. The summed E-state index contributed by atoms with van der Waals surface area (Å²) in [6.45, 7) is 0. The average Bonchev–Trinajstić information content (AvgIpc) is 3.36. The number of benzene rings is 5. The van der Waals surface area contributed by atoms with Crippen LogP contribution >= 0.6 is 0 Å². The van der Waals surface area contributed by atoms with E-state index in [-0.39, 0.29) is 0 Å². The highest BCUT2D eigenvalue weighted by molar-refractivity contribution is 6.20. The van der Waals surface area contributed by atoms with Crippen LogP contribution in [0.5, 0.6) is 0 Å². The number of allylic oxidation sites excluding steroid dienone is 4. The van der Waals surface area contributed by atoms with E-state index in [0.717, 1.165) is 34.2 Å². The van der Waals surface area contributed by atoms with Crippen molar-refractivity contribution in [3.63, 3.8) is 0 Å². The summed E-state index contributed by atoms with van der Waals surface area (Å²) in [6, 6.07) is 37.2. The number of rotatable bonds is 4. The first kappa shape index (κ1) is 25.0. The van der Waals surface area contributed by atoms with Gasteiger partial charge in [-0.1, -0.05) is 96.8 Å². The quantitative estimate of drug-likeness (QED) is 0.162. The second-order valence-electron chi connectivity index (χ2n) is 10.8. The maximum atomic E-state index is 4.54. The van der Waals surface area contributed by atoms with Gasteiger partial charge in [-0.15, -0.1) is 0 Å². The smallest absolute Gasteiger partial charge is 0.0346 e. The van der Waals surface area contributed by atoms with Gasteiger partial charge in [0.1, 0.15) is 0 Å². The van der Waals surface area contributed by atoms with Gasteiger partial charge in [-0.3, -0.25) is 9.97 Å². The molecule has 0 saturated heterocycles. The molecule has 0 saturated carbocycles. The molecule has 2 heterocycles. The highest BCUT2D eigenvalue weighted by Crippen LogP contribution is 2.42. The van der Waals surface area contributed by atoms with Crippen molar-refractivity contribution in [3.05, 3.63) is 152 Å². The molecular formula is C41H26N2. The zero-order chi connectivity index (χ0) is 28.6. The van der Waals surface area contributed by atoms with Crippen molar-refractivity contribution in [3.8, 4) is 45.2 Å². The van der Waals surface area contributed by atoms with Crippen LogP contribution in [0.3, 0.4) is 0 Å². The molecule has 0 aliphatic heterocycles. The average molecular weight is 547 g/mol. The predicted octanol–water partition coefficient (Wildman–Crippen LogP) is 10.3. The summed E-state index contributed by atoms with van der Waals surface area (Å²) in [5.74, 6) is 6.75. The molecule has 5 aromatic carbocycles. The van der Waals surface area contributed by atoms with E-state index >= 15 is 0 Å². The van der Waals surface area contributed by atoms with Crippen LogP contribution in [0, 0.1) is 11.8 Å². The van der Waals surface area contributed by atoms with E-state index in [9.17, 15) is 0 Å². The molecule has 0 atom stereocenters. The predicted molar refractivity (Wildman–Crippen MR) is 180 cm³/mol. The SMILES string of the molecule is C1#CC(c2c3ccccc3c(-c3ccc4cc(-c5cncc(-c6ccncc6)c5)ccc4c3)c3ccccc23)=CC=CC1. The third-order valence-corrected chi connectivity index (χ3v) is 8.26. The topological polar surface area (TPSA) is 25.8 Å². The Hall–Kier alpha value is -5.78. The first-order chi connectivity index (χ1) is 21.3. The molecule has 43 heavy (non-hydrogen) atoms. The summed E-state index contributed by atoms with van der Waals surface area (Å²) in [5, 5.41) is 7.34. The maximum Gasteiger partial charge on any atom is 0.0346 e. The summed E-state index contributed by atoms with van der Waals surface area (Å²) >= 11 is 0. The number of aromatic nitrogens is 2. The summed E-state index contributed by atoms with van der Waals surface area (Å²) < 4.78 is 0. The molecule has 0 bridgehead atoms. The fourth-order valence-corrected chi connectivity index (χ4v) is 6.24. The first-order valence-electron chi connectivity index (χ1n) is 14.5. The molecule has 0 unspecified atom stereocenters. The highest BCUT2D eigenvalue weighted by Gasteiger charge is 2.17. The Morgan fingerprint density at radius 1 is 0.512 bits per heavy atom. The van der Waals surface area contributed by atoms with E-state index in [0.29, 0.717) is 0 Å². The van der Waals surface area contributed by atoms with Gasteiger partial charge in [-0.05, 0) is 91.0 Å². The van der Waals surface area contributed by atoms with Crippen molar-refractivity contribution in [1.82, 2.24) is 9.97 Å². The van der Waals surface area contributed by atoms with Crippen molar-refractivity contribution in [2.45, 2.75) is 6.42 Å². The Morgan fingerprint density at radius 2 is 1.12 bits per heavy atom. The minimum absolute atomic E-state index is 0.777. The van der Waals surface area contributed by atoms with Crippen LogP contribution in [-0.2, 0) is 0 Å². The molecule has 2 heteroatoms. The van der Waals surface area contributed by atoms with Gasteiger partial charge in [-0.2, -0.15) is 0 Å². The van der Waals surface area contributed by atoms with Crippen LogP contribution in [0.2, 0.25) is 0 Å². The van der Waals surface area contributed by atoms with Gasteiger partial charge in [0.05, 0.1) is 0 Å². The third kappa shape index (κ3) is 4.49. The lowest BCUT2D eigenvalue weighted by Gasteiger charge is -2.18. The first-order valence-corrected chi connectivity index (χ1v) is 14.5. The molecule has 1 aliphatic carbocycles. The van der Waals surface area contributed by atoms with Crippen molar-refractivity contribution in [2.24, 2.45) is 0 Å². The van der Waals surface area contributed by atoms with Crippen LogP contribution < -0.4 is 0 Å². The number of fused-ring (bicyclic) bond motifs is 3. The van der Waals surface area contributed by atoms with E-state index in [4.69, 9.17) is 0 Å². The molecule has 8 rings (SSSR count). The van der Waals surface area contributed by atoms with Crippen molar-refractivity contribution >= 4 is 37.9 Å². The fraction of sp³-hybridized carbons (Fsp3) is 0.0244. The van der Waals surface area contributed by atoms with E-state index in [2.05, 4.69) is 131 Å². The molecule has 0 fully saturated rings. The molecule has 0 spiro atoms. The van der Waals surface area contributed by atoms with Crippen LogP contribution in [0.1, 0.15) is 12.0 Å². The van der Waals surface area contributed by atoms with Gasteiger partial charge in [-0.25, -0.2) is 0 Å². The molecule has 0 N–H and O–H groups in total. The largest absolute Gasteiger partial charge is 0.265 e. The maximum absolute atomic E-state index is 4.54. The Kier molecular flexibility index (Phi) is 6.13. The summed E-state index contributed by atoms with van der Waals surface area (Å²) in [4.78, 5) is 8.69. The highest BCUT2D eigenvalue weighted by atomic mass is 14.6. The Morgan fingerprint density at radius 3 is 1.81 bits per heavy atom. The van der Waals surface area contributed by atoms with Gasteiger partial charge in [0.25, 0.3) is 0 Å². The second kappa shape index (κ2) is 10.6. The van der Waals surface area contributed by atoms with E-state index < -0.39 is 0 Å². The second-order valence-corrected chi connectivity index (χ2v) is 10.8. The number of hydrogen-bond acceptors (Lipinski definition) is 2. The molecule has 0 amide bonds. The van der Waals surface area contributed by atoms with Gasteiger partial charge in [0.15, 0.2) is 0 Å². The summed E-state index contributed by atoms with van der Waals surface area (Å²) in [6.07, 6.45) is 14.6. The van der Waals surface area contributed by atoms with Gasteiger partial charge in [0, 0.05) is 53.5 Å². The molecule has 7 aromatic rings. The van der Waals surface area contributed by atoms with Crippen LogP contribution in [-0.4, -0.2) is 9.97 Å². The molecule has 200 valence electrons. The number of hydrogen-bond donors (Lipinski definition) is 0. The van der Waals surface area contributed by atoms with Gasteiger partial charge < -0.3 is 0 Å². The zero-order valence-corrected chi connectivity index (χ0v) is 23.5. The van der Waals surface area contributed by atoms with E-state index in [1.165, 1.54) is 49.0 Å². The Labute approximate surface area is 250 Å². The number of nitrogens with zero attached hydrogens (tertiary/aromatic N) is 2. The zero-order valence-electron chi connectivity index (χ0n) is 23.5. The minimum Gasteiger partial charge on any atom is -0.265 e. The van der Waals surface area contributed by atoms with Gasteiger partial charge >= 0.3 is 0 Å². The standard InChI is InChI=1S/C41H26N2/c1-2-4-10-29(9-3-1)40-36-11-5-7-13-38(36)41(39-14-8-6-12-37(39)40)33-18-17-30-23-32(16-15-31(30)24-33)35-25-34(26-43-27-35)28-19-21-42-22-20-28/h1,3,5-9,11-27H,2H2. The summed E-state index contributed by atoms with van der Waals surface area (Å²) in [7, 11) is 0. The van der Waals surface area contributed by atoms with Crippen molar-refractivity contribution in [1.29, 1.82) is 0 Å². The lowest BCUT2D eigenvalue weighted by molar-refractivity contribution is 1.30. The van der Waals surface area contributed by atoms with E-state index in [1.807, 2.05) is 36.9 Å². The Bertz CT molecular complexity index is 2260. The van der Waals surface area contributed by atoms with Crippen LogP contribution in [0.15, 0.2) is 146 Å². The summed E-state index contributed by atoms with van der Waals surface area (Å²) in [5.41, 5.74) is 9.19. The van der Waals surface area contributed by atoms with Crippen LogP contribution in [0.4, 0.5) is 0 Å². The molecular weight excluding hydrogens is 520 g/mol.